The maximum absolute atomic E-state index is 5.94. The highest BCUT2D eigenvalue weighted by atomic mass is 32.1. The first-order valence-corrected chi connectivity index (χ1v) is 8.04. The van der Waals surface area contributed by atoms with Crippen LogP contribution in [-0.4, -0.2) is 23.1 Å². The largest absolute Gasteiger partial charge is 0.389 e. The number of benzene rings is 1. The zero-order valence-corrected chi connectivity index (χ0v) is 13.2. The highest BCUT2D eigenvalue weighted by molar-refractivity contribution is 7.80. The van der Waals surface area contributed by atoms with Crippen LogP contribution in [0.25, 0.3) is 10.9 Å². The lowest BCUT2D eigenvalue weighted by atomic mass is 9.85. The third-order valence-electron chi connectivity index (χ3n) is 4.35. The van der Waals surface area contributed by atoms with Crippen molar-refractivity contribution in [2.24, 2.45) is 11.7 Å². The summed E-state index contributed by atoms with van der Waals surface area (Å²) in [6.07, 6.45) is 4.01. The minimum atomic E-state index is 0.426. The monoisotopic (exact) mass is 299 g/mol. The van der Waals surface area contributed by atoms with Crippen molar-refractivity contribution in [3.05, 3.63) is 35.9 Å². The summed E-state index contributed by atoms with van der Waals surface area (Å²) in [6.45, 7) is 4.15. The number of rotatable bonds is 5. The summed E-state index contributed by atoms with van der Waals surface area (Å²) in [5.74, 6) is 1.73. The summed E-state index contributed by atoms with van der Waals surface area (Å²) in [7, 11) is 0. The summed E-state index contributed by atoms with van der Waals surface area (Å²) in [6, 6.07) is 10.2. The Labute approximate surface area is 131 Å². The number of fused-ring (bicyclic) bond motifs is 1. The molecule has 0 unspecified atom stereocenters. The number of anilines is 1. The Bertz CT molecular complexity index is 664. The van der Waals surface area contributed by atoms with Gasteiger partial charge in [-0.15, -0.1) is 0 Å². The van der Waals surface area contributed by atoms with Crippen LogP contribution in [0.15, 0.2) is 30.3 Å². The van der Waals surface area contributed by atoms with Crippen molar-refractivity contribution in [3.8, 4) is 0 Å². The molecule has 110 valence electrons. The van der Waals surface area contributed by atoms with Gasteiger partial charge in [-0.25, -0.2) is 4.98 Å². The van der Waals surface area contributed by atoms with Gasteiger partial charge in [0.15, 0.2) is 0 Å². The second kappa shape index (κ2) is 5.98. The molecule has 1 aliphatic rings. The van der Waals surface area contributed by atoms with Crippen LogP contribution in [0.5, 0.6) is 0 Å². The first kappa shape index (κ1) is 14.3. The quantitative estimate of drug-likeness (QED) is 0.858. The summed E-state index contributed by atoms with van der Waals surface area (Å²) in [4.78, 5) is 7.59. The van der Waals surface area contributed by atoms with E-state index >= 15 is 0 Å². The van der Waals surface area contributed by atoms with Crippen molar-refractivity contribution < 1.29 is 0 Å². The lowest BCUT2D eigenvalue weighted by Gasteiger charge is -2.33. The molecule has 2 N–H and O–H groups in total. The van der Waals surface area contributed by atoms with Crippen LogP contribution in [0.1, 0.15) is 31.7 Å². The molecule has 0 saturated heterocycles. The normalized spacial score (nSPS) is 14.9. The third-order valence-corrected chi connectivity index (χ3v) is 4.57. The van der Waals surface area contributed by atoms with Gasteiger partial charge in [-0.3, -0.25) is 0 Å². The van der Waals surface area contributed by atoms with Crippen molar-refractivity contribution in [2.75, 3.05) is 18.0 Å². The molecule has 0 radical (unpaired) electrons. The summed E-state index contributed by atoms with van der Waals surface area (Å²) >= 11 is 5.25. The molecule has 3 nitrogen and oxygen atoms in total. The number of thiocarbonyl (C=S) groups is 1. The molecular formula is C17H21N3S. The van der Waals surface area contributed by atoms with E-state index in [1.54, 1.807) is 0 Å². The highest BCUT2D eigenvalue weighted by Gasteiger charge is 2.23. The molecule has 1 aromatic carbocycles. The number of nitrogens with zero attached hydrogens (tertiary/aromatic N) is 2. The minimum absolute atomic E-state index is 0.426. The Morgan fingerprint density at radius 2 is 2.14 bits per heavy atom. The minimum Gasteiger partial charge on any atom is -0.389 e. The number of para-hydroxylation sites is 1. The Hall–Kier alpha value is -1.68. The molecule has 0 atom stereocenters. The van der Waals surface area contributed by atoms with Crippen molar-refractivity contribution in [1.82, 2.24) is 4.98 Å². The fourth-order valence-corrected chi connectivity index (χ4v) is 3.03. The maximum atomic E-state index is 5.94. The van der Waals surface area contributed by atoms with Crippen LogP contribution in [0.3, 0.4) is 0 Å². The van der Waals surface area contributed by atoms with Gasteiger partial charge in [0.05, 0.1) is 11.1 Å². The molecule has 3 rings (SSSR count). The second-order valence-electron chi connectivity index (χ2n) is 5.75. The Kier molecular flexibility index (Phi) is 4.06. The average molecular weight is 299 g/mol. The molecule has 2 aromatic rings. The van der Waals surface area contributed by atoms with Crippen LogP contribution in [-0.2, 0) is 0 Å². The van der Waals surface area contributed by atoms with Gasteiger partial charge in [0.1, 0.15) is 10.8 Å². The first-order chi connectivity index (χ1) is 10.2. The van der Waals surface area contributed by atoms with Gasteiger partial charge in [-0.1, -0.05) is 36.8 Å². The molecule has 0 aliphatic heterocycles. The van der Waals surface area contributed by atoms with E-state index in [2.05, 4.69) is 24.0 Å². The van der Waals surface area contributed by atoms with E-state index in [1.807, 2.05) is 18.2 Å². The average Bonchev–Trinajstić information content (AvgIpc) is 2.45. The molecule has 1 fully saturated rings. The van der Waals surface area contributed by atoms with E-state index < -0.39 is 0 Å². The molecule has 1 saturated carbocycles. The van der Waals surface area contributed by atoms with Gasteiger partial charge >= 0.3 is 0 Å². The molecule has 21 heavy (non-hydrogen) atoms. The van der Waals surface area contributed by atoms with Gasteiger partial charge in [0.2, 0.25) is 0 Å². The van der Waals surface area contributed by atoms with Crippen molar-refractivity contribution >= 4 is 33.9 Å². The fourth-order valence-electron chi connectivity index (χ4n) is 2.88. The summed E-state index contributed by atoms with van der Waals surface area (Å²) < 4.78 is 0. The molecular weight excluding hydrogens is 278 g/mol. The molecule has 0 spiro atoms. The number of hydrogen-bond donors (Lipinski definition) is 1. The third kappa shape index (κ3) is 2.86. The van der Waals surface area contributed by atoms with Crippen molar-refractivity contribution in [2.45, 2.75) is 26.2 Å². The number of pyridine rings is 1. The Morgan fingerprint density at radius 1 is 1.38 bits per heavy atom. The highest BCUT2D eigenvalue weighted by Crippen LogP contribution is 2.30. The molecule has 1 heterocycles. The van der Waals surface area contributed by atoms with Gasteiger partial charge in [0, 0.05) is 18.5 Å². The van der Waals surface area contributed by atoms with E-state index in [-0.39, 0.29) is 0 Å². The van der Waals surface area contributed by atoms with Gasteiger partial charge in [-0.2, -0.15) is 0 Å². The van der Waals surface area contributed by atoms with Crippen LogP contribution >= 0.6 is 12.2 Å². The lowest BCUT2D eigenvalue weighted by Crippen LogP contribution is -2.34. The topological polar surface area (TPSA) is 42.2 Å². The predicted octanol–water partition coefficient (Wildman–Crippen LogP) is 3.50. The van der Waals surface area contributed by atoms with Crippen molar-refractivity contribution in [1.29, 1.82) is 0 Å². The summed E-state index contributed by atoms with van der Waals surface area (Å²) in [5.41, 5.74) is 7.83. The standard InChI is InChI=1S/C17H21N3S/c1-2-20(11-12-6-5-7-12)17-14(16(18)21)10-13-8-3-4-9-15(13)19-17/h3-4,8-10,12H,2,5-7,11H2,1H3,(H2,18,21). The van der Waals surface area contributed by atoms with Crippen LogP contribution in [0.2, 0.25) is 0 Å². The van der Waals surface area contributed by atoms with E-state index in [0.29, 0.717) is 4.99 Å². The molecule has 0 bridgehead atoms. The van der Waals surface area contributed by atoms with Crippen LogP contribution in [0, 0.1) is 5.92 Å². The SMILES string of the molecule is CCN(CC1CCC1)c1nc2ccccc2cc1C(N)=S. The number of aromatic nitrogens is 1. The molecule has 1 aliphatic carbocycles. The lowest BCUT2D eigenvalue weighted by molar-refractivity contribution is 0.318. The van der Waals surface area contributed by atoms with Gasteiger partial charge < -0.3 is 10.6 Å². The second-order valence-corrected chi connectivity index (χ2v) is 6.19. The Balaban J connectivity index is 2.04. The molecule has 4 heteroatoms. The number of nitrogens with two attached hydrogens (primary N) is 1. The smallest absolute Gasteiger partial charge is 0.139 e. The fraction of sp³-hybridized carbons (Fsp3) is 0.412. The molecule has 0 amide bonds. The maximum Gasteiger partial charge on any atom is 0.139 e. The van der Waals surface area contributed by atoms with E-state index in [0.717, 1.165) is 41.3 Å². The van der Waals surface area contributed by atoms with Crippen molar-refractivity contribution in [3.63, 3.8) is 0 Å². The number of hydrogen-bond acceptors (Lipinski definition) is 3. The van der Waals surface area contributed by atoms with Gasteiger partial charge in [0.25, 0.3) is 0 Å². The zero-order chi connectivity index (χ0) is 14.8. The van der Waals surface area contributed by atoms with Gasteiger partial charge in [-0.05, 0) is 37.8 Å². The Morgan fingerprint density at radius 3 is 2.76 bits per heavy atom. The zero-order valence-electron chi connectivity index (χ0n) is 12.4. The first-order valence-electron chi connectivity index (χ1n) is 7.63. The van der Waals surface area contributed by atoms with E-state index in [1.165, 1.54) is 19.3 Å². The van der Waals surface area contributed by atoms with Crippen LogP contribution in [0.4, 0.5) is 5.82 Å². The van der Waals surface area contributed by atoms with E-state index in [4.69, 9.17) is 22.9 Å². The molecule has 1 aromatic heterocycles. The predicted molar refractivity (Wildman–Crippen MR) is 92.9 cm³/mol. The van der Waals surface area contributed by atoms with Crippen LogP contribution < -0.4 is 10.6 Å². The summed E-state index contributed by atoms with van der Waals surface area (Å²) in [5, 5.41) is 1.09. The van der Waals surface area contributed by atoms with E-state index in [9.17, 15) is 0 Å².